The van der Waals surface area contributed by atoms with E-state index in [0.717, 1.165) is 11.4 Å². The van der Waals surface area contributed by atoms with Gasteiger partial charge in [-0.1, -0.05) is 0 Å². The van der Waals surface area contributed by atoms with Crippen LogP contribution in [0.5, 0.6) is 0 Å². The van der Waals surface area contributed by atoms with Gasteiger partial charge in [-0.25, -0.2) is 4.21 Å². The van der Waals surface area contributed by atoms with Crippen LogP contribution in [-0.2, 0) is 16.3 Å². The van der Waals surface area contributed by atoms with Gasteiger partial charge in [-0.3, -0.25) is 14.8 Å². The third kappa shape index (κ3) is 5.02. The van der Waals surface area contributed by atoms with Crippen LogP contribution in [0.4, 0.5) is 11.4 Å². The SMILES string of the molecule is CN(C)c1cccnc1CNC(=O)c1cc(N=S(C)(C)=O)ccn1. The molecule has 0 aromatic carbocycles. The molecule has 0 saturated heterocycles. The Bertz CT molecular complexity index is 849. The third-order valence-electron chi connectivity index (χ3n) is 3.07. The number of anilines is 1. The number of aromatic nitrogens is 2. The minimum absolute atomic E-state index is 0.224. The molecule has 24 heavy (non-hydrogen) atoms. The highest BCUT2D eigenvalue weighted by Crippen LogP contribution is 2.16. The van der Waals surface area contributed by atoms with Crippen molar-refractivity contribution < 1.29 is 9.00 Å². The fourth-order valence-corrected chi connectivity index (χ4v) is 2.70. The molecule has 1 amide bonds. The maximum absolute atomic E-state index is 12.3. The van der Waals surface area contributed by atoms with Gasteiger partial charge < -0.3 is 10.2 Å². The minimum Gasteiger partial charge on any atom is -0.376 e. The van der Waals surface area contributed by atoms with E-state index in [2.05, 4.69) is 19.6 Å². The van der Waals surface area contributed by atoms with Crippen molar-refractivity contribution in [3.05, 3.63) is 48.0 Å². The van der Waals surface area contributed by atoms with Gasteiger partial charge in [-0.15, -0.1) is 0 Å². The van der Waals surface area contributed by atoms with Crippen molar-refractivity contribution >= 4 is 27.0 Å². The maximum atomic E-state index is 12.3. The number of carbonyl (C=O) groups excluding carboxylic acids is 1. The average Bonchev–Trinajstić information content (AvgIpc) is 2.51. The van der Waals surface area contributed by atoms with Crippen LogP contribution in [0.25, 0.3) is 0 Å². The molecule has 128 valence electrons. The van der Waals surface area contributed by atoms with Crippen LogP contribution < -0.4 is 10.2 Å². The number of hydrogen-bond acceptors (Lipinski definition) is 6. The zero-order chi connectivity index (χ0) is 17.7. The van der Waals surface area contributed by atoms with E-state index in [9.17, 15) is 9.00 Å². The summed E-state index contributed by atoms with van der Waals surface area (Å²) in [6, 6.07) is 6.92. The predicted octanol–water partition coefficient (Wildman–Crippen LogP) is 1.83. The van der Waals surface area contributed by atoms with Crippen molar-refractivity contribution in [1.82, 2.24) is 15.3 Å². The van der Waals surface area contributed by atoms with E-state index >= 15 is 0 Å². The molecule has 0 bridgehead atoms. The van der Waals surface area contributed by atoms with Crippen molar-refractivity contribution in [2.75, 3.05) is 31.5 Å². The number of nitrogens with zero attached hydrogens (tertiary/aromatic N) is 4. The summed E-state index contributed by atoms with van der Waals surface area (Å²) < 4.78 is 15.8. The maximum Gasteiger partial charge on any atom is 0.270 e. The van der Waals surface area contributed by atoms with Gasteiger partial charge >= 0.3 is 0 Å². The molecular formula is C16H21N5O2S. The first-order chi connectivity index (χ1) is 11.3. The fourth-order valence-electron chi connectivity index (χ4n) is 2.08. The second-order valence-electron chi connectivity index (χ2n) is 5.72. The summed E-state index contributed by atoms with van der Waals surface area (Å²) in [5.41, 5.74) is 2.40. The molecule has 2 rings (SSSR count). The Hall–Kier alpha value is -2.48. The molecular weight excluding hydrogens is 326 g/mol. The normalized spacial score (nSPS) is 11.0. The molecule has 8 heteroatoms. The zero-order valence-corrected chi connectivity index (χ0v) is 15.0. The second kappa shape index (κ2) is 7.39. The first kappa shape index (κ1) is 17.9. The van der Waals surface area contributed by atoms with E-state index in [1.165, 1.54) is 24.8 Å². The summed E-state index contributed by atoms with van der Waals surface area (Å²) in [4.78, 5) is 22.6. The van der Waals surface area contributed by atoms with Crippen molar-refractivity contribution in [2.45, 2.75) is 6.54 Å². The van der Waals surface area contributed by atoms with E-state index in [1.807, 2.05) is 31.1 Å². The minimum atomic E-state index is -2.29. The van der Waals surface area contributed by atoms with Crippen molar-refractivity contribution in [1.29, 1.82) is 0 Å². The van der Waals surface area contributed by atoms with Gasteiger partial charge in [0.05, 0.1) is 23.6 Å². The van der Waals surface area contributed by atoms with Crippen LogP contribution in [0.3, 0.4) is 0 Å². The second-order valence-corrected chi connectivity index (χ2v) is 8.26. The van der Waals surface area contributed by atoms with E-state index in [-0.39, 0.29) is 18.1 Å². The lowest BCUT2D eigenvalue weighted by atomic mass is 10.2. The van der Waals surface area contributed by atoms with E-state index in [1.54, 1.807) is 12.3 Å². The molecule has 2 heterocycles. The number of amides is 1. The van der Waals surface area contributed by atoms with Crippen LogP contribution in [0, 0.1) is 0 Å². The zero-order valence-electron chi connectivity index (χ0n) is 14.2. The van der Waals surface area contributed by atoms with Gasteiger partial charge in [0, 0.05) is 48.7 Å². The highest BCUT2D eigenvalue weighted by molar-refractivity contribution is 7.92. The molecule has 2 aromatic heterocycles. The molecule has 1 N–H and O–H groups in total. The first-order valence-electron chi connectivity index (χ1n) is 7.29. The van der Waals surface area contributed by atoms with Crippen LogP contribution >= 0.6 is 0 Å². The Morgan fingerprint density at radius 3 is 2.67 bits per heavy atom. The smallest absolute Gasteiger partial charge is 0.270 e. The monoisotopic (exact) mass is 347 g/mol. The topological polar surface area (TPSA) is 87.5 Å². The van der Waals surface area contributed by atoms with Crippen molar-refractivity contribution in [3.8, 4) is 0 Å². The van der Waals surface area contributed by atoms with E-state index in [0.29, 0.717) is 5.69 Å². The molecule has 0 atom stereocenters. The first-order valence-corrected chi connectivity index (χ1v) is 9.62. The van der Waals surface area contributed by atoms with Crippen LogP contribution in [-0.4, -0.2) is 46.7 Å². The summed E-state index contributed by atoms with van der Waals surface area (Å²) in [6.45, 7) is 0.286. The van der Waals surface area contributed by atoms with Gasteiger partial charge in [0.25, 0.3) is 5.91 Å². The molecule has 0 aliphatic heterocycles. The van der Waals surface area contributed by atoms with Gasteiger partial charge in [0.1, 0.15) is 5.69 Å². The Morgan fingerprint density at radius 1 is 1.25 bits per heavy atom. The van der Waals surface area contributed by atoms with E-state index in [4.69, 9.17) is 0 Å². The Labute approximate surface area is 142 Å². The highest BCUT2D eigenvalue weighted by atomic mass is 32.2. The molecule has 0 spiro atoms. The van der Waals surface area contributed by atoms with Gasteiger partial charge in [-0.05, 0) is 24.3 Å². The quantitative estimate of drug-likeness (QED) is 0.891. The predicted molar refractivity (Wildman–Crippen MR) is 96.0 cm³/mol. The third-order valence-corrected chi connectivity index (χ3v) is 3.72. The molecule has 0 radical (unpaired) electrons. The number of nitrogens with one attached hydrogen (secondary N) is 1. The Morgan fingerprint density at radius 2 is 2.00 bits per heavy atom. The van der Waals surface area contributed by atoms with Crippen LogP contribution in [0.2, 0.25) is 0 Å². The van der Waals surface area contributed by atoms with E-state index < -0.39 is 9.73 Å². The molecule has 0 saturated carbocycles. The lowest BCUT2D eigenvalue weighted by Gasteiger charge is -2.16. The number of pyridine rings is 2. The lowest BCUT2D eigenvalue weighted by Crippen LogP contribution is -2.25. The standard InChI is InChI=1S/C16H21N5O2S/c1-21(2)15-6-5-8-17-14(15)11-19-16(22)13-10-12(7-9-18-13)20-24(3,4)23/h5-10H,11H2,1-4H3,(H,19,22). The summed E-state index contributed by atoms with van der Waals surface area (Å²) in [6.07, 6.45) is 6.24. The fraction of sp³-hybridized carbons (Fsp3) is 0.312. The van der Waals surface area contributed by atoms with Gasteiger partial charge in [-0.2, -0.15) is 4.36 Å². The molecule has 0 fully saturated rings. The van der Waals surface area contributed by atoms with Crippen LogP contribution in [0.1, 0.15) is 16.2 Å². The summed E-state index contributed by atoms with van der Waals surface area (Å²) >= 11 is 0. The molecule has 2 aromatic rings. The van der Waals surface area contributed by atoms with Crippen LogP contribution in [0.15, 0.2) is 41.0 Å². The largest absolute Gasteiger partial charge is 0.376 e. The van der Waals surface area contributed by atoms with Crippen molar-refractivity contribution in [3.63, 3.8) is 0 Å². The molecule has 7 nitrogen and oxygen atoms in total. The molecule has 0 unspecified atom stereocenters. The summed E-state index contributed by atoms with van der Waals surface area (Å²) in [5, 5.41) is 2.80. The summed E-state index contributed by atoms with van der Waals surface area (Å²) in [5.74, 6) is -0.332. The van der Waals surface area contributed by atoms with Crippen molar-refractivity contribution in [2.24, 2.45) is 4.36 Å². The number of rotatable bonds is 5. The Kier molecular flexibility index (Phi) is 5.50. The molecule has 0 aliphatic rings. The number of carbonyl (C=O) groups is 1. The number of hydrogen-bond donors (Lipinski definition) is 1. The average molecular weight is 347 g/mol. The molecule has 0 aliphatic carbocycles. The van der Waals surface area contributed by atoms with Gasteiger partial charge in [0.2, 0.25) is 0 Å². The lowest BCUT2D eigenvalue weighted by molar-refractivity contribution is 0.0945. The highest BCUT2D eigenvalue weighted by Gasteiger charge is 2.11. The Balaban J connectivity index is 2.14. The van der Waals surface area contributed by atoms with Gasteiger partial charge in [0.15, 0.2) is 0 Å². The summed E-state index contributed by atoms with van der Waals surface area (Å²) in [7, 11) is 1.55.